The lowest BCUT2D eigenvalue weighted by atomic mass is 10.2. The third kappa shape index (κ3) is 7.43. The monoisotopic (exact) mass is 345 g/mol. The predicted octanol–water partition coefficient (Wildman–Crippen LogP) is 2.43. The first-order chi connectivity index (χ1) is 10.5. The number of esters is 2. The van der Waals surface area contributed by atoms with E-state index in [4.69, 9.17) is 16.0 Å². The Hall–Kier alpha value is -1.59. The van der Waals surface area contributed by atoms with Crippen LogP contribution in [0.1, 0.15) is 6.92 Å². The number of ether oxygens (including phenoxy) is 2. The Kier molecular flexibility index (Phi) is 11.1. The summed E-state index contributed by atoms with van der Waals surface area (Å²) in [6.45, 7) is 8.90. The maximum absolute atomic E-state index is 12.0. The molecule has 0 fully saturated rings. The Morgan fingerprint density at radius 1 is 1.23 bits per heavy atom. The van der Waals surface area contributed by atoms with E-state index in [1.54, 1.807) is 13.2 Å². The second-order valence-electron chi connectivity index (χ2n) is 3.78. The van der Waals surface area contributed by atoms with Crippen LogP contribution < -0.4 is 0 Å². The fourth-order valence-electron chi connectivity index (χ4n) is 1.25. The van der Waals surface area contributed by atoms with Gasteiger partial charge in [-0.1, -0.05) is 0 Å². The van der Waals surface area contributed by atoms with Gasteiger partial charge in [0.15, 0.2) is 0 Å². The van der Waals surface area contributed by atoms with Crippen molar-refractivity contribution in [1.29, 1.82) is 0 Å². The first-order valence-corrected chi connectivity index (χ1v) is 9.13. The number of carbonyl (C=O) groups excluding carboxylic acids is 2. The van der Waals surface area contributed by atoms with Crippen molar-refractivity contribution in [2.75, 3.05) is 37.2 Å². The minimum atomic E-state index is -0.844. The number of nitrogens with zero attached hydrogens (tertiary/aromatic N) is 1. The summed E-state index contributed by atoms with van der Waals surface area (Å²) in [6, 6.07) is 0. The molecule has 0 rings (SSSR count). The Bertz CT molecular complexity index is 494. The maximum atomic E-state index is 12.0. The normalized spacial score (nSPS) is 12.2. The van der Waals surface area contributed by atoms with Crippen LogP contribution in [0.3, 0.4) is 0 Å². The summed E-state index contributed by atoms with van der Waals surface area (Å²) in [4.78, 5) is 26.7. The highest BCUT2D eigenvalue weighted by atomic mass is 32.2. The number of hydrogen-bond acceptors (Lipinski definition) is 7. The predicted molar refractivity (Wildman–Crippen MR) is 88.7 cm³/mol. The van der Waals surface area contributed by atoms with Crippen LogP contribution in [0.25, 0.3) is 4.85 Å². The summed E-state index contributed by atoms with van der Waals surface area (Å²) in [7, 11) is 0. The lowest BCUT2D eigenvalue weighted by Crippen LogP contribution is -2.14. The van der Waals surface area contributed by atoms with E-state index in [9.17, 15) is 14.7 Å². The molecule has 0 aliphatic heterocycles. The van der Waals surface area contributed by atoms with Gasteiger partial charge in [0.1, 0.15) is 12.4 Å². The molecule has 0 saturated heterocycles. The van der Waals surface area contributed by atoms with E-state index in [0.717, 1.165) is 6.08 Å². The van der Waals surface area contributed by atoms with Crippen LogP contribution in [0.15, 0.2) is 23.1 Å². The summed E-state index contributed by atoms with van der Waals surface area (Å²) < 4.78 is 9.74. The van der Waals surface area contributed by atoms with E-state index in [2.05, 4.69) is 4.85 Å². The molecule has 6 nitrogen and oxygen atoms in total. The van der Waals surface area contributed by atoms with Gasteiger partial charge in [-0.25, -0.2) is 9.64 Å². The first kappa shape index (κ1) is 20.4. The third-order valence-corrected chi connectivity index (χ3v) is 3.36. The van der Waals surface area contributed by atoms with Crippen molar-refractivity contribution in [3.8, 4) is 0 Å². The molecule has 0 unspecified atom stereocenters. The van der Waals surface area contributed by atoms with Crippen LogP contribution in [0.4, 0.5) is 0 Å². The van der Waals surface area contributed by atoms with Crippen molar-refractivity contribution < 1.29 is 24.2 Å². The van der Waals surface area contributed by atoms with Crippen LogP contribution in [-0.2, 0) is 19.1 Å². The Labute approximate surface area is 138 Å². The number of aliphatic hydroxyl groups excluding tert-OH is 1. The molecule has 0 heterocycles. The largest absolute Gasteiger partial charge is 0.511 e. The minimum absolute atomic E-state index is 0.111. The molecule has 122 valence electrons. The average Bonchev–Trinajstić information content (AvgIpc) is 2.48. The summed E-state index contributed by atoms with van der Waals surface area (Å²) >= 11 is 2.80. The van der Waals surface area contributed by atoms with Gasteiger partial charge >= 0.3 is 11.9 Å². The van der Waals surface area contributed by atoms with Gasteiger partial charge in [-0.2, -0.15) is 23.5 Å². The van der Waals surface area contributed by atoms with Gasteiger partial charge in [0.2, 0.25) is 0 Å². The molecule has 8 heteroatoms. The van der Waals surface area contributed by atoms with Crippen molar-refractivity contribution in [2.45, 2.75) is 6.92 Å². The smallest absolute Gasteiger partial charge is 0.340 e. The van der Waals surface area contributed by atoms with Crippen LogP contribution >= 0.6 is 23.5 Å². The topological polar surface area (TPSA) is 77.2 Å². The lowest BCUT2D eigenvalue weighted by molar-refractivity contribution is -0.138. The maximum Gasteiger partial charge on any atom is 0.340 e. The molecule has 0 bridgehead atoms. The van der Waals surface area contributed by atoms with Gasteiger partial charge in [0.05, 0.1) is 24.5 Å². The highest BCUT2D eigenvalue weighted by Gasteiger charge is 2.19. The van der Waals surface area contributed by atoms with E-state index in [0.29, 0.717) is 5.75 Å². The molecule has 0 amide bonds. The molecule has 0 aliphatic rings. The van der Waals surface area contributed by atoms with Crippen molar-refractivity contribution >= 4 is 35.5 Å². The first-order valence-electron chi connectivity index (χ1n) is 6.35. The number of hydrogen-bond donors (Lipinski definition) is 1. The number of carbonyl (C=O) groups is 2. The Morgan fingerprint density at radius 2 is 1.91 bits per heavy atom. The summed E-state index contributed by atoms with van der Waals surface area (Å²) in [6.07, 6.45) is 4.63. The summed E-state index contributed by atoms with van der Waals surface area (Å²) in [5, 5.41) is 9.95. The molecular formula is C14H19NO5S2. The van der Waals surface area contributed by atoms with E-state index >= 15 is 0 Å². The van der Waals surface area contributed by atoms with E-state index in [1.165, 1.54) is 23.5 Å². The Morgan fingerprint density at radius 3 is 2.41 bits per heavy atom. The van der Waals surface area contributed by atoms with Gasteiger partial charge in [0.25, 0.3) is 5.70 Å². The highest BCUT2D eigenvalue weighted by molar-refractivity contribution is 7.98. The molecule has 0 aromatic rings. The molecule has 0 atom stereocenters. The quantitative estimate of drug-likeness (QED) is 0.172. The molecule has 1 N–H and O–H groups in total. The minimum Gasteiger partial charge on any atom is -0.511 e. The zero-order valence-electron chi connectivity index (χ0n) is 12.7. The van der Waals surface area contributed by atoms with Crippen molar-refractivity contribution in [2.24, 2.45) is 0 Å². The number of rotatable bonds is 9. The van der Waals surface area contributed by atoms with Crippen molar-refractivity contribution in [1.82, 2.24) is 0 Å². The van der Waals surface area contributed by atoms with Crippen LogP contribution in [-0.4, -0.2) is 54.3 Å². The summed E-state index contributed by atoms with van der Waals surface area (Å²) in [5.41, 5.74) is -0.583. The molecular weight excluding hydrogens is 326 g/mol. The standard InChI is InChI=1S/C14H19NO5S2/c1-5-19-14(18)11(15-2)8-10(12(16)9-22-4)13(17)20-6-7-21-3/h8,16H,5-7,9H2,1,3-4H3/b11-8-,12-10-. The van der Waals surface area contributed by atoms with Crippen molar-refractivity contribution in [3.05, 3.63) is 34.5 Å². The summed E-state index contributed by atoms with van der Waals surface area (Å²) in [5.74, 6) is -1.08. The third-order valence-electron chi connectivity index (χ3n) is 2.22. The second-order valence-corrected chi connectivity index (χ2v) is 5.64. The zero-order valence-corrected chi connectivity index (χ0v) is 14.4. The zero-order chi connectivity index (χ0) is 17.0. The lowest BCUT2D eigenvalue weighted by Gasteiger charge is -2.08. The van der Waals surface area contributed by atoms with E-state index in [1.807, 2.05) is 6.26 Å². The molecule has 0 aliphatic carbocycles. The molecule has 0 spiro atoms. The highest BCUT2D eigenvalue weighted by Crippen LogP contribution is 2.15. The van der Waals surface area contributed by atoms with Crippen LogP contribution in [0.2, 0.25) is 0 Å². The SMILES string of the molecule is [C-]#[N+]/C(=C\C(C(=O)OCCSC)=C(\O)CSC)C(=O)OCC. The Balaban J connectivity index is 5.41. The molecule has 22 heavy (non-hydrogen) atoms. The van der Waals surface area contributed by atoms with Gasteiger partial charge in [-0.05, 0) is 25.5 Å². The van der Waals surface area contributed by atoms with Gasteiger partial charge < -0.3 is 14.6 Å². The average molecular weight is 345 g/mol. The van der Waals surface area contributed by atoms with Gasteiger partial charge in [-0.3, -0.25) is 4.79 Å². The molecule has 0 aromatic carbocycles. The second kappa shape index (κ2) is 12.0. The molecule has 0 radical (unpaired) electrons. The fraction of sp³-hybridized carbons (Fsp3) is 0.500. The van der Waals surface area contributed by atoms with E-state index in [-0.39, 0.29) is 36.0 Å². The molecule has 0 aromatic heterocycles. The van der Waals surface area contributed by atoms with Gasteiger partial charge in [0, 0.05) is 5.75 Å². The number of aliphatic hydroxyl groups is 1. The number of thioether (sulfide) groups is 2. The van der Waals surface area contributed by atoms with Crippen LogP contribution in [0.5, 0.6) is 0 Å². The van der Waals surface area contributed by atoms with Crippen molar-refractivity contribution in [3.63, 3.8) is 0 Å². The van der Waals surface area contributed by atoms with Gasteiger partial charge in [-0.15, -0.1) is 0 Å². The van der Waals surface area contributed by atoms with E-state index < -0.39 is 11.9 Å². The fourth-order valence-corrected chi connectivity index (χ4v) is 1.93. The van der Waals surface area contributed by atoms with Crippen LogP contribution in [0, 0.1) is 6.57 Å². The molecule has 0 saturated carbocycles.